The Morgan fingerprint density at radius 3 is 2.07 bits per heavy atom. The standard InChI is InChI=1S/C10H15F2N.C2H6/c1-2-9-3-4-13(9)7-8(5-9)6-10(8,11)12;1-2/h2-7H2,1H3;1-2H3/t8?,9-;/m0./s1. The van der Waals surface area contributed by atoms with Crippen molar-refractivity contribution in [2.75, 3.05) is 13.1 Å². The minimum Gasteiger partial charge on any atom is -0.297 e. The molecule has 0 aromatic rings. The molecule has 1 saturated carbocycles. The zero-order chi connectivity index (χ0) is 11.3. The van der Waals surface area contributed by atoms with Crippen LogP contribution in [0.5, 0.6) is 0 Å². The molecule has 3 fully saturated rings. The first-order valence-corrected chi connectivity index (χ1v) is 6.17. The van der Waals surface area contributed by atoms with Crippen LogP contribution in [0.25, 0.3) is 0 Å². The summed E-state index contributed by atoms with van der Waals surface area (Å²) in [5.41, 5.74) is -0.417. The van der Waals surface area contributed by atoms with Crippen molar-refractivity contribution in [1.29, 1.82) is 0 Å². The topological polar surface area (TPSA) is 3.24 Å². The molecule has 15 heavy (non-hydrogen) atoms. The van der Waals surface area contributed by atoms with Crippen molar-refractivity contribution >= 4 is 0 Å². The molecule has 3 rings (SSSR count). The Morgan fingerprint density at radius 2 is 1.80 bits per heavy atom. The molecule has 0 amide bonds. The maximum absolute atomic E-state index is 13.1. The van der Waals surface area contributed by atoms with E-state index in [1.54, 1.807) is 0 Å². The highest BCUT2D eigenvalue weighted by molar-refractivity contribution is 5.23. The Kier molecular flexibility index (Phi) is 2.38. The summed E-state index contributed by atoms with van der Waals surface area (Å²) in [6.07, 6.45) is 3.09. The van der Waals surface area contributed by atoms with Crippen LogP contribution >= 0.6 is 0 Å². The van der Waals surface area contributed by atoms with Crippen LogP contribution < -0.4 is 0 Å². The molecule has 0 aromatic heterocycles. The Bertz CT molecular complexity index is 262. The second-order valence-electron chi connectivity index (χ2n) is 5.09. The minimum atomic E-state index is -2.34. The molecule has 0 aromatic carbocycles. The van der Waals surface area contributed by atoms with Gasteiger partial charge in [0.25, 0.3) is 5.92 Å². The molecule has 1 unspecified atom stereocenters. The first-order chi connectivity index (χ1) is 7.04. The maximum Gasteiger partial charge on any atom is 0.255 e. The molecular formula is C12H21F2N. The summed E-state index contributed by atoms with van der Waals surface area (Å²) in [6.45, 7) is 7.84. The van der Waals surface area contributed by atoms with Gasteiger partial charge in [0, 0.05) is 25.0 Å². The van der Waals surface area contributed by atoms with Crippen LogP contribution in [-0.4, -0.2) is 29.5 Å². The molecule has 2 atom stereocenters. The van der Waals surface area contributed by atoms with Crippen molar-refractivity contribution in [3.8, 4) is 0 Å². The molecule has 3 heteroatoms. The molecule has 1 aliphatic carbocycles. The highest BCUT2D eigenvalue weighted by Gasteiger charge is 2.77. The number of halogens is 2. The first kappa shape index (κ1) is 11.3. The third-order valence-electron chi connectivity index (χ3n) is 4.55. The van der Waals surface area contributed by atoms with E-state index in [1.165, 1.54) is 0 Å². The van der Waals surface area contributed by atoms with Gasteiger partial charge in [-0.3, -0.25) is 4.90 Å². The second-order valence-corrected chi connectivity index (χ2v) is 5.09. The first-order valence-electron chi connectivity index (χ1n) is 6.17. The zero-order valence-corrected chi connectivity index (χ0v) is 9.95. The quantitative estimate of drug-likeness (QED) is 0.651. The van der Waals surface area contributed by atoms with Gasteiger partial charge in [0.2, 0.25) is 0 Å². The van der Waals surface area contributed by atoms with Crippen molar-refractivity contribution in [1.82, 2.24) is 4.90 Å². The molecule has 2 aliphatic heterocycles. The summed E-state index contributed by atoms with van der Waals surface area (Å²) in [4.78, 5) is 2.29. The SMILES string of the molecule is CC.CC[C@@]12CCN1CC1(CC1(F)F)C2. The van der Waals surface area contributed by atoms with Gasteiger partial charge in [-0.2, -0.15) is 0 Å². The molecule has 0 radical (unpaired) electrons. The molecule has 0 bridgehead atoms. The lowest BCUT2D eigenvalue weighted by Gasteiger charge is -2.47. The summed E-state index contributed by atoms with van der Waals surface area (Å²) in [6, 6.07) is 0. The van der Waals surface area contributed by atoms with Crippen molar-refractivity contribution < 1.29 is 8.78 Å². The normalized spacial score (nSPS) is 45.4. The number of hydrogen-bond acceptors (Lipinski definition) is 1. The van der Waals surface area contributed by atoms with E-state index in [9.17, 15) is 8.78 Å². The predicted octanol–water partition coefficient (Wildman–Crippen LogP) is 3.30. The molecule has 2 heterocycles. The van der Waals surface area contributed by atoms with Crippen LogP contribution in [0, 0.1) is 5.41 Å². The van der Waals surface area contributed by atoms with Gasteiger partial charge in [0.15, 0.2) is 0 Å². The fourth-order valence-electron chi connectivity index (χ4n) is 3.35. The lowest BCUT2D eigenvalue weighted by molar-refractivity contribution is 0.0243. The summed E-state index contributed by atoms with van der Waals surface area (Å²) in [7, 11) is 0. The van der Waals surface area contributed by atoms with E-state index < -0.39 is 11.3 Å². The van der Waals surface area contributed by atoms with Gasteiger partial charge >= 0.3 is 0 Å². The van der Waals surface area contributed by atoms with Crippen molar-refractivity contribution in [2.24, 2.45) is 5.41 Å². The highest BCUT2D eigenvalue weighted by Crippen LogP contribution is 2.70. The molecule has 1 nitrogen and oxygen atoms in total. The summed E-state index contributed by atoms with van der Waals surface area (Å²) in [5.74, 6) is -2.34. The second kappa shape index (κ2) is 3.16. The summed E-state index contributed by atoms with van der Waals surface area (Å²) >= 11 is 0. The lowest BCUT2D eigenvalue weighted by atomic mass is 9.80. The Balaban J connectivity index is 0.000000404. The van der Waals surface area contributed by atoms with Gasteiger partial charge in [-0.1, -0.05) is 20.8 Å². The largest absolute Gasteiger partial charge is 0.297 e. The van der Waals surface area contributed by atoms with Crippen LogP contribution in [0.2, 0.25) is 0 Å². The number of nitrogens with zero attached hydrogens (tertiary/aromatic N) is 1. The van der Waals surface area contributed by atoms with Gasteiger partial charge in [-0.25, -0.2) is 8.78 Å². The fourth-order valence-corrected chi connectivity index (χ4v) is 3.35. The van der Waals surface area contributed by atoms with Crippen LogP contribution in [0.1, 0.15) is 46.5 Å². The number of alkyl halides is 2. The fraction of sp³-hybridized carbons (Fsp3) is 1.00. The lowest BCUT2D eigenvalue weighted by Crippen LogP contribution is -2.54. The van der Waals surface area contributed by atoms with E-state index in [4.69, 9.17) is 0 Å². The van der Waals surface area contributed by atoms with Gasteiger partial charge in [0.05, 0.1) is 5.41 Å². The Morgan fingerprint density at radius 1 is 1.20 bits per heavy atom. The Hall–Kier alpha value is -0.180. The van der Waals surface area contributed by atoms with Gasteiger partial charge < -0.3 is 0 Å². The van der Waals surface area contributed by atoms with Crippen molar-refractivity contribution in [2.45, 2.75) is 57.9 Å². The van der Waals surface area contributed by atoms with E-state index in [2.05, 4.69) is 11.8 Å². The highest BCUT2D eigenvalue weighted by atomic mass is 19.3. The van der Waals surface area contributed by atoms with E-state index in [0.29, 0.717) is 6.54 Å². The number of rotatable bonds is 1. The van der Waals surface area contributed by atoms with Crippen molar-refractivity contribution in [3.63, 3.8) is 0 Å². The zero-order valence-electron chi connectivity index (χ0n) is 9.95. The van der Waals surface area contributed by atoms with Gasteiger partial charge in [-0.05, 0) is 19.3 Å². The van der Waals surface area contributed by atoms with Gasteiger partial charge in [-0.15, -0.1) is 0 Å². The van der Waals surface area contributed by atoms with Crippen LogP contribution in [0.4, 0.5) is 8.78 Å². The molecule has 0 N–H and O–H groups in total. The molecule has 1 spiro atoms. The third kappa shape index (κ3) is 1.28. The average Bonchev–Trinajstić information content (AvgIpc) is 2.66. The number of hydrogen-bond donors (Lipinski definition) is 0. The minimum absolute atomic E-state index is 0.151. The van der Waals surface area contributed by atoms with Crippen LogP contribution in [0.3, 0.4) is 0 Å². The van der Waals surface area contributed by atoms with Gasteiger partial charge in [0.1, 0.15) is 0 Å². The maximum atomic E-state index is 13.1. The third-order valence-corrected chi connectivity index (χ3v) is 4.55. The van der Waals surface area contributed by atoms with E-state index >= 15 is 0 Å². The average molecular weight is 217 g/mol. The van der Waals surface area contributed by atoms with E-state index in [-0.39, 0.29) is 12.0 Å². The van der Waals surface area contributed by atoms with Crippen LogP contribution in [0.15, 0.2) is 0 Å². The molecule has 2 saturated heterocycles. The molecule has 3 aliphatic rings. The van der Waals surface area contributed by atoms with Crippen LogP contribution in [-0.2, 0) is 0 Å². The van der Waals surface area contributed by atoms with E-state index in [1.807, 2.05) is 13.8 Å². The van der Waals surface area contributed by atoms with E-state index in [0.717, 1.165) is 25.8 Å². The smallest absolute Gasteiger partial charge is 0.255 e. The van der Waals surface area contributed by atoms with Crippen molar-refractivity contribution in [3.05, 3.63) is 0 Å². The number of fused-ring (bicyclic) bond motifs is 1. The Labute approximate surface area is 90.8 Å². The molecule has 88 valence electrons. The predicted molar refractivity (Wildman–Crippen MR) is 57.2 cm³/mol. The summed E-state index contributed by atoms with van der Waals surface area (Å²) in [5, 5.41) is 0. The summed E-state index contributed by atoms with van der Waals surface area (Å²) < 4.78 is 26.3. The monoisotopic (exact) mass is 217 g/mol. The molecular weight excluding hydrogens is 196 g/mol.